The maximum atomic E-state index is 11.6. The number of carboxylic acids is 1. The summed E-state index contributed by atoms with van der Waals surface area (Å²) >= 11 is 0. The maximum Gasteiger partial charge on any atom is 0.362 e. The van der Waals surface area contributed by atoms with Crippen LogP contribution in [0.3, 0.4) is 0 Å². The Labute approximate surface area is 119 Å². The van der Waals surface area contributed by atoms with Gasteiger partial charge >= 0.3 is 5.97 Å². The van der Waals surface area contributed by atoms with Gasteiger partial charge in [0.25, 0.3) is 0 Å². The van der Waals surface area contributed by atoms with Gasteiger partial charge in [0, 0.05) is 6.42 Å². The number of likely N-dealkylation sites (N-methyl/N-ethyl adjacent to an activating group) is 1. The van der Waals surface area contributed by atoms with Gasteiger partial charge < -0.3 is 9.59 Å². The highest BCUT2D eigenvalue weighted by atomic mass is 16.4. The molecule has 3 heteroatoms. The maximum absolute atomic E-state index is 11.6. The number of nitrogens with zero attached hydrogens (tertiary/aromatic N) is 1. The van der Waals surface area contributed by atoms with Crippen molar-refractivity contribution in [1.29, 1.82) is 0 Å². The van der Waals surface area contributed by atoms with Crippen molar-refractivity contribution in [3.63, 3.8) is 0 Å². The fourth-order valence-corrected chi connectivity index (χ4v) is 3.08. The van der Waals surface area contributed by atoms with E-state index in [2.05, 4.69) is 27.7 Å². The molecule has 0 fully saturated rings. The Morgan fingerprint density at radius 3 is 1.79 bits per heavy atom. The van der Waals surface area contributed by atoms with E-state index in [0.717, 1.165) is 37.0 Å². The normalized spacial score (nSPS) is 13.5. The summed E-state index contributed by atoms with van der Waals surface area (Å²) in [5.74, 6) is -0.612. The van der Waals surface area contributed by atoms with Gasteiger partial charge in [-0.15, -0.1) is 0 Å². The molecule has 0 bridgehead atoms. The van der Waals surface area contributed by atoms with Gasteiger partial charge in [-0.05, 0) is 27.2 Å². The van der Waals surface area contributed by atoms with Crippen LogP contribution in [0.2, 0.25) is 0 Å². The Hall–Kier alpha value is -0.570. The lowest BCUT2D eigenvalue weighted by atomic mass is 10.0. The zero-order chi connectivity index (χ0) is 14.7. The topological polar surface area (TPSA) is 37.3 Å². The summed E-state index contributed by atoms with van der Waals surface area (Å²) in [7, 11) is 0. The molecule has 0 aromatic heterocycles. The van der Waals surface area contributed by atoms with Crippen LogP contribution in [0.1, 0.15) is 72.6 Å². The number of carboxylic acid groups (broad SMARTS) is 1. The van der Waals surface area contributed by atoms with Crippen molar-refractivity contribution in [3.05, 3.63) is 0 Å². The molecule has 0 heterocycles. The second kappa shape index (κ2) is 10.2. The summed E-state index contributed by atoms with van der Waals surface area (Å²) < 4.78 is 0.726. The highest BCUT2D eigenvalue weighted by molar-refractivity contribution is 5.72. The van der Waals surface area contributed by atoms with Crippen molar-refractivity contribution in [1.82, 2.24) is 0 Å². The molecular formula is C16H34NO2+. The second-order valence-electron chi connectivity index (χ2n) is 5.58. The molecule has 0 radical (unpaired) electrons. The van der Waals surface area contributed by atoms with Crippen molar-refractivity contribution in [2.24, 2.45) is 0 Å². The number of hydrogen-bond donors (Lipinski definition) is 1. The fourth-order valence-electron chi connectivity index (χ4n) is 3.08. The van der Waals surface area contributed by atoms with Crippen LogP contribution in [0, 0.1) is 0 Å². The molecule has 1 atom stereocenters. The van der Waals surface area contributed by atoms with Gasteiger partial charge in [-0.25, -0.2) is 4.79 Å². The molecule has 19 heavy (non-hydrogen) atoms. The first kappa shape index (κ1) is 18.4. The largest absolute Gasteiger partial charge is 0.477 e. The average molecular weight is 272 g/mol. The summed E-state index contributed by atoms with van der Waals surface area (Å²) in [6.45, 7) is 11.3. The van der Waals surface area contributed by atoms with Crippen molar-refractivity contribution in [2.75, 3.05) is 19.6 Å². The van der Waals surface area contributed by atoms with Crippen molar-refractivity contribution >= 4 is 5.97 Å². The molecule has 114 valence electrons. The molecule has 0 amide bonds. The summed E-state index contributed by atoms with van der Waals surface area (Å²) in [6, 6.07) is -0.217. The lowest BCUT2D eigenvalue weighted by Gasteiger charge is -2.40. The number of rotatable bonds is 12. The number of hydrogen-bond acceptors (Lipinski definition) is 1. The van der Waals surface area contributed by atoms with Gasteiger partial charge in [0.2, 0.25) is 0 Å². The van der Waals surface area contributed by atoms with Crippen LogP contribution in [-0.2, 0) is 4.79 Å². The molecule has 1 N–H and O–H groups in total. The molecule has 0 aromatic carbocycles. The molecular weight excluding hydrogens is 238 g/mol. The van der Waals surface area contributed by atoms with E-state index in [0.29, 0.717) is 0 Å². The predicted molar refractivity (Wildman–Crippen MR) is 81.3 cm³/mol. The van der Waals surface area contributed by atoms with E-state index >= 15 is 0 Å². The summed E-state index contributed by atoms with van der Waals surface area (Å²) in [6.07, 6.45) is 8.19. The molecule has 0 spiro atoms. The molecule has 0 aliphatic heterocycles. The Bertz CT molecular complexity index is 229. The Kier molecular flexibility index (Phi) is 9.94. The van der Waals surface area contributed by atoms with E-state index in [1.165, 1.54) is 32.1 Å². The molecule has 1 unspecified atom stereocenters. The molecule has 3 nitrogen and oxygen atoms in total. The highest BCUT2D eigenvalue weighted by Gasteiger charge is 2.37. The average Bonchev–Trinajstić information content (AvgIpc) is 2.42. The van der Waals surface area contributed by atoms with Gasteiger partial charge in [0.15, 0.2) is 6.04 Å². The van der Waals surface area contributed by atoms with Crippen molar-refractivity contribution in [3.8, 4) is 0 Å². The molecule has 0 saturated carbocycles. The summed E-state index contributed by atoms with van der Waals surface area (Å²) in [4.78, 5) is 11.6. The zero-order valence-electron chi connectivity index (χ0n) is 13.5. The Morgan fingerprint density at radius 2 is 1.37 bits per heavy atom. The number of carbonyl (C=O) groups is 1. The summed E-state index contributed by atoms with van der Waals surface area (Å²) in [5.41, 5.74) is 0. The monoisotopic (exact) mass is 272 g/mol. The van der Waals surface area contributed by atoms with Gasteiger partial charge in [-0.2, -0.15) is 0 Å². The third-order valence-corrected chi connectivity index (χ3v) is 4.67. The number of unbranched alkanes of at least 4 members (excludes halogenated alkanes) is 5. The van der Waals surface area contributed by atoms with Crippen molar-refractivity contribution in [2.45, 2.75) is 78.7 Å². The predicted octanol–water partition coefficient (Wildman–Crippen LogP) is 4.07. The third-order valence-electron chi connectivity index (χ3n) is 4.67. The van der Waals surface area contributed by atoms with Crippen LogP contribution in [0.15, 0.2) is 0 Å². The van der Waals surface area contributed by atoms with Crippen LogP contribution in [0.4, 0.5) is 0 Å². The first-order valence-corrected chi connectivity index (χ1v) is 8.16. The second-order valence-corrected chi connectivity index (χ2v) is 5.58. The van der Waals surface area contributed by atoms with Gasteiger partial charge in [0.1, 0.15) is 0 Å². The van der Waals surface area contributed by atoms with Gasteiger partial charge in [-0.1, -0.05) is 39.0 Å². The van der Waals surface area contributed by atoms with Crippen LogP contribution >= 0.6 is 0 Å². The Balaban J connectivity index is 4.29. The first-order valence-electron chi connectivity index (χ1n) is 8.16. The molecule has 0 aliphatic carbocycles. The van der Waals surface area contributed by atoms with Gasteiger partial charge in [-0.3, -0.25) is 0 Å². The van der Waals surface area contributed by atoms with E-state index in [9.17, 15) is 9.90 Å². The Morgan fingerprint density at radius 1 is 0.895 bits per heavy atom. The lowest BCUT2D eigenvalue weighted by molar-refractivity contribution is -0.939. The van der Waals surface area contributed by atoms with Crippen LogP contribution in [0.5, 0.6) is 0 Å². The van der Waals surface area contributed by atoms with E-state index in [1.807, 2.05) is 0 Å². The van der Waals surface area contributed by atoms with E-state index in [-0.39, 0.29) is 6.04 Å². The molecule has 0 aromatic rings. The minimum atomic E-state index is -0.612. The quantitative estimate of drug-likeness (QED) is 0.429. The fraction of sp³-hybridized carbons (Fsp3) is 0.938. The van der Waals surface area contributed by atoms with Gasteiger partial charge in [0.05, 0.1) is 19.6 Å². The molecule has 0 aliphatic rings. The van der Waals surface area contributed by atoms with E-state index in [1.54, 1.807) is 0 Å². The molecule has 0 rings (SSSR count). The summed E-state index contributed by atoms with van der Waals surface area (Å²) in [5, 5.41) is 9.53. The SMILES string of the molecule is CCCCCCCCC(C(=O)O)[N+](CC)(CC)CC. The van der Waals surface area contributed by atoms with Crippen LogP contribution in [-0.4, -0.2) is 41.2 Å². The highest BCUT2D eigenvalue weighted by Crippen LogP contribution is 2.20. The standard InChI is InChI=1S/C16H33NO2/c1-5-9-10-11-12-13-14-15(16(18)19)17(6-2,7-3)8-4/h15H,5-14H2,1-4H3/p+1. The van der Waals surface area contributed by atoms with E-state index < -0.39 is 5.97 Å². The zero-order valence-corrected chi connectivity index (χ0v) is 13.5. The van der Waals surface area contributed by atoms with E-state index in [4.69, 9.17) is 0 Å². The van der Waals surface area contributed by atoms with Crippen LogP contribution in [0.25, 0.3) is 0 Å². The van der Waals surface area contributed by atoms with Crippen LogP contribution < -0.4 is 0 Å². The molecule has 0 saturated heterocycles. The lowest BCUT2D eigenvalue weighted by Crippen LogP contribution is -2.58. The number of quaternary nitrogens is 1. The smallest absolute Gasteiger partial charge is 0.362 e. The minimum Gasteiger partial charge on any atom is -0.477 e. The third kappa shape index (κ3) is 5.94. The number of aliphatic carboxylic acids is 1. The minimum absolute atomic E-state index is 0.217. The first-order chi connectivity index (χ1) is 9.07. The van der Waals surface area contributed by atoms with Crippen molar-refractivity contribution < 1.29 is 14.4 Å².